The van der Waals surface area contributed by atoms with Crippen LogP contribution >= 0.6 is 0 Å². The van der Waals surface area contributed by atoms with Crippen molar-refractivity contribution in [1.29, 1.82) is 0 Å². The molecule has 0 aliphatic carbocycles. The summed E-state index contributed by atoms with van der Waals surface area (Å²) in [5.41, 5.74) is 2.99. The van der Waals surface area contributed by atoms with Crippen molar-refractivity contribution >= 4 is 5.78 Å². The smallest absolute Gasteiger partial charge is 0.163 e. The van der Waals surface area contributed by atoms with Crippen molar-refractivity contribution in [1.82, 2.24) is 0 Å². The van der Waals surface area contributed by atoms with Crippen molar-refractivity contribution < 1.29 is 9.21 Å². The first-order valence-electron chi connectivity index (χ1n) is 5.79. The van der Waals surface area contributed by atoms with Crippen LogP contribution in [-0.2, 0) is 6.42 Å². The quantitative estimate of drug-likeness (QED) is 0.747. The van der Waals surface area contributed by atoms with Gasteiger partial charge in [-0.15, -0.1) is 0 Å². The Morgan fingerprint density at radius 3 is 2.76 bits per heavy atom. The van der Waals surface area contributed by atoms with Crippen LogP contribution in [0.2, 0.25) is 0 Å². The van der Waals surface area contributed by atoms with E-state index in [9.17, 15) is 4.79 Å². The van der Waals surface area contributed by atoms with E-state index in [2.05, 4.69) is 0 Å². The van der Waals surface area contributed by atoms with Gasteiger partial charge in [0.1, 0.15) is 5.76 Å². The minimum absolute atomic E-state index is 0.183. The van der Waals surface area contributed by atoms with Crippen molar-refractivity contribution in [3.05, 3.63) is 59.0 Å². The summed E-state index contributed by atoms with van der Waals surface area (Å²) in [7, 11) is 0. The molecule has 0 saturated carbocycles. The predicted molar refractivity (Wildman–Crippen MR) is 67.3 cm³/mol. The Morgan fingerprint density at radius 2 is 2.06 bits per heavy atom. The number of carbonyl (C=O) groups is 1. The van der Waals surface area contributed by atoms with Crippen molar-refractivity contribution in [3.63, 3.8) is 0 Å². The molecule has 0 fully saturated rings. The Bertz CT molecular complexity index is 510. The molecule has 0 amide bonds. The Hall–Kier alpha value is -1.83. The number of aryl methyl sites for hydroxylation is 3. The zero-order valence-corrected chi connectivity index (χ0v) is 10.2. The lowest BCUT2D eigenvalue weighted by atomic mass is 9.99. The SMILES string of the molecule is Cc1ccc(C)c(C(=O)CCc2ccco2)c1. The van der Waals surface area contributed by atoms with Gasteiger partial charge in [0, 0.05) is 18.4 Å². The summed E-state index contributed by atoms with van der Waals surface area (Å²) in [6.45, 7) is 3.97. The second kappa shape index (κ2) is 5.00. The third kappa shape index (κ3) is 2.84. The van der Waals surface area contributed by atoms with Crippen molar-refractivity contribution in [3.8, 4) is 0 Å². The highest BCUT2D eigenvalue weighted by molar-refractivity contribution is 5.97. The fourth-order valence-corrected chi connectivity index (χ4v) is 1.86. The van der Waals surface area contributed by atoms with Gasteiger partial charge >= 0.3 is 0 Å². The number of ketones is 1. The van der Waals surface area contributed by atoms with E-state index in [1.165, 1.54) is 0 Å². The molecule has 88 valence electrons. The van der Waals surface area contributed by atoms with E-state index in [1.807, 2.05) is 44.2 Å². The van der Waals surface area contributed by atoms with Crippen LogP contribution in [0.25, 0.3) is 0 Å². The van der Waals surface area contributed by atoms with E-state index in [4.69, 9.17) is 4.42 Å². The molecule has 0 N–H and O–H groups in total. The molecule has 2 rings (SSSR count). The van der Waals surface area contributed by atoms with Gasteiger partial charge in [-0.05, 0) is 37.6 Å². The van der Waals surface area contributed by atoms with Crippen molar-refractivity contribution in [2.45, 2.75) is 26.7 Å². The number of furan rings is 1. The summed E-state index contributed by atoms with van der Waals surface area (Å²) < 4.78 is 5.22. The van der Waals surface area contributed by atoms with Gasteiger partial charge < -0.3 is 4.42 Å². The van der Waals surface area contributed by atoms with Gasteiger partial charge in [0.15, 0.2) is 5.78 Å². The largest absolute Gasteiger partial charge is 0.469 e. The van der Waals surface area contributed by atoms with Crippen LogP contribution in [-0.4, -0.2) is 5.78 Å². The first-order valence-corrected chi connectivity index (χ1v) is 5.79. The van der Waals surface area contributed by atoms with Crippen LogP contribution < -0.4 is 0 Å². The highest BCUT2D eigenvalue weighted by atomic mass is 16.3. The van der Waals surface area contributed by atoms with Crippen LogP contribution in [0.3, 0.4) is 0 Å². The molecule has 2 aromatic rings. The Kier molecular flexibility index (Phi) is 3.43. The molecule has 0 radical (unpaired) electrons. The topological polar surface area (TPSA) is 30.2 Å². The van der Waals surface area contributed by atoms with Crippen LogP contribution in [0.5, 0.6) is 0 Å². The maximum Gasteiger partial charge on any atom is 0.163 e. The standard InChI is InChI=1S/C15H16O2/c1-11-5-6-12(2)14(10-11)15(16)8-7-13-4-3-9-17-13/h3-6,9-10H,7-8H2,1-2H3. The first-order chi connectivity index (χ1) is 8.16. The van der Waals surface area contributed by atoms with Gasteiger partial charge in [-0.3, -0.25) is 4.79 Å². The summed E-state index contributed by atoms with van der Waals surface area (Å²) in [6, 6.07) is 9.72. The highest BCUT2D eigenvalue weighted by Crippen LogP contribution is 2.14. The Labute approximate surface area is 101 Å². The van der Waals surface area contributed by atoms with Gasteiger partial charge in [0.05, 0.1) is 6.26 Å². The number of hydrogen-bond donors (Lipinski definition) is 0. The van der Waals surface area contributed by atoms with Gasteiger partial charge in [-0.2, -0.15) is 0 Å². The molecule has 0 aliphatic rings. The number of benzene rings is 1. The van der Waals surface area contributed by atoms with Crippen molar-refractivity contribution in [2.24, 2.45) is 0 Å². The minimum atomic E-state index is 0.183. The molecule has 0 unspecified atom stereocenters. The lowest BCUT2D eigenvalue weighted by Gasteiger charge is -2.05. The third-order valence-electron chi connectivity index (χ3n) is 2.87. The van der Waals surface area contributed by atoms with E-state index in [0.29, 0.717) is 12.8 Å². The summed E-state index contributed by atoms with van der Waals surface area (Å²) >= 11 is 0. The lowest BCUT2D eigenvalue weighted by molar-refractivity contribution is 0.0980. The monoisotopic (exact) mass is 228 g/mol. The van der Waals surface area contributed by atoms with Gasteiger partial charge in [0.2, 0.25) is 0 Å². The summed E-state index contributed by atoms with van der Waals surface area (Å²) in [5, 5.41) is 0. The van der Waals surface area contributed by atoms with E-state index in [1.54, 1.807) is 6.26 Å². The van der Waals surface area contributed by atoms with Gasteiger partial charge in [0.25, 0.3) is 0 Å². The van der Waals surface area contributed by atoms with Crippen LogP contribution in [0, 0.1) is 13.8 Å². The third-order valence-corrected chi connectivity index (χ3v) is 2.87. The molecule has 0 aliphatic heterocycles. The van der Waals surface area contributed by atoms with Crippen LogP contribution in [0.1, 0.15) is 33.7 Å². The molecule has 0 bridgehead atoms. The summed E-state index contributed by atoms with van der Waals surface area (Å²) in [5.74, 6) is 1.05. The molecule has 0 saturated heterocycles. The van der Waals surface area contributed by atoms with Crippen molar-refractivity contribution in [2.75, 3.05) is 0 Å². The Balaban J connectivity index is 2.07. The predicted octanol–water partition coefficient (Wildman–Crippen LogP) is 3.71. The molecule has 0 atom stereocenters. The van der Waals surface area contributed by atoms with E-state index >= 15 is 0 Å². The maximum absolute atomic E-state index is 12.1. The zero-order chi connectivity index (χ0) is 12.3. The maximum atomic E-state index is 12.1. The van der Waals surface area contributed by atoms with Crippen LogP contribution in [0.15, 0.2) is 41.0 Å². The van der Waals surface area contributed by atoms with E-state index in [0.717, 1.165) is 22.5 Å². The number of Topliss-reactive ketones (excluding diaryl/α,β-unsaturated/α-hetero) is 1. The average molecular weight is 228 g/mol. The zero-order valence-electron chi connectivity index (χ0n) is 10.2. The second-order valence-electron chi connectivity index (χ2n) is 4.32. The number of hydrogen-bond acceptors (Lipinski definition) is 2. The fourth-order valence-electron chi connectivity index (χ4n) is 1.86. The molecular formula is C15H16O2. The van der Waals surface area contributed by atoms with E-state index in [-0.39, 0.29) is 5.78 Å². The molecule has 1 aromatic heterocycles. The molecule has 2 heteroatoms. The molecule has 0 spiro atoms. The number of rotatable bonds is 4. The molecule has 2 nitrogen and oxygen atoms in total. The molecular weight excluding hydrogens is 212 g/mol. The average Bonchev–Trinajstić information content (AvgIpc) is 2.82. The molecule has 17 heavy (non-hydrogen) atoms. The summed E-state index contributed by atoms with van der Waals surface area (Å²) in [6.07, 6.45) is 2.80. The normalized spacial score (nSPS) is 10.5. The van der Waals surface area contributed by atoms with Gasteiger partial charge in [-0.25, -0.2) is 0 Å². The molecule has 1 aromatic carbocycles. The summed E-state index contributed by atoms with van der Waals surface area (Å²) in [4.78, 5) is 12.1. The minimum Gasteiger partial charge on any atom is -0.469 e. The number of carbonyl (C=O) groups excluding carboxylic acids is 1. The lowest BCUT2D eigenvalue weighted by Crippen LogP contribution is -2.03. The first kappa shape index (κ1) is 11.6. The second-order valence-corrected chi connectivity index (χ2v) is 4.32. The highest BCUT2D eigenvalue weighted by Gasteiger charge is 2.10. The van der Waals surface area contributed by atoms with E-state index < -0.39 is 0 Å². The molecule has 1 heterocycles. The van der Waals surface area contributed by atoms with Gasteiger partial charge in [-0.1, -0.05) is 17.7 Å². The fraction of sp³-hybridized carbons (Fsp3) is 0.267. The van der Waals surface area contributed by atoms with Crippen LogP contribution in [0.4, 0.5) is 0 Å². The Morgan fingerprint density at radius 1 is 1.24 bits per heavy atom.